The Bertz CT molecular complexity index is 363. The van der Waals surface area contributed by atoms with E-state index < -0.39 is 0 Å². The lowest BCUT2D eigenvalue weighted by Crippen LogP contribution is -1.97. The molecule has 2 aromatic rings. The van der Waals surface area contributed by atoms with Crippen LogP contribution in [0.4, 0.5) is 0 Å². The number of aromatic nitrogens is 1. The minimum Gasteiger partial charge on any atom is -0.478 e. The van der Waals surface area contributed by atoms with Gasteiger partial charge < -0.3 is 9.72 Å². The number of aromatic amines is 1. The zero-order chi connectivity index (χ0) is 9.10. The van der Waals surface area contributed by atoms with Gasteiger partial charge in [-0.2, -0.15) is 0 Å². The Morgan fingerprint density at radius 2 is 2.15 bits per heavy atom. The molecule has 68 valence electrons. The maximum atomic E-state index is 5.51. The molecule has 0 radical (unpaired) electrons. The highest BCUT2D eigenvalue weighted by Gasteiger charge is 1.98. The number of nitrogens with one attached hydrogen (secondary N) is 1. The standard InChI is InChI=1S/C10H10ClNO/c11-5-6-13-10-7-8-3-1-2-4-9(8)12-10/h1-4,7,12H,5-6H2. The van der Waals surface area contributed by atoms with Gasteiger partial charge in [-0.25, -0.2) is 0 Å². The predicted octanol–water partition coefficient (Wildman–Crippen LogP) is 2.79. The van der Waals surface area contributed by atoms with E-state index in [1.807, 2.05) is 30.3 Å². The van der Waals surface area contributed by atoms with Crippen LogP contribution < -0.4 is 4.74 Å². The fourth-order valence-corrected chi connectivity index (χ4v) is 1.35. The molecule has 0 saturated carbocycles. The van der Waals surface area contributed by atoms with E-state index in [0.717, 1.165) is 16.8 Å². The first kappa shape index (κ1) is 8.45. The van der Waals surface area contributed by atoms with Crippen LogP contribution in [0, 0.1) is 0 Å². The largest absolute Gasteiger partial charge is 0.478 e. The molecule has 0 saturated heterocycles. The van der Waals surface area contributed by atoms with Crippen LogP contribution in [-0.4, -0.2) is 17.5 Å². The second-order valence-electron chi connectivity index (χ2n) is 2.76. The second kappa shape index (κ2) is 3.71. The number of ether oxygens (including phenoxy) is 1. The number of benzene rings is 1. The first-order chi connectivity index (χ1) is 6.40. The first-order valence-corrected chi connectivity index (χ1v) is 4.70. The lowest BCUT2D eigenvalue weighted by atomic mass is 10.3. The van der Waals surface area contributed by atoms with Crippen LogP contribution in [-0.2, 0) is 0 Å². The van der Waals surface area contributed by atoms with Gasteiger partial charge in [-0.3, -0.25) is 0 Å². The summed E-state index contributed by atoms with van der Waals surface area (Å²) < 4.78 is 5.35. The van der Waals surface area contributed by atoms with E-state index in [1.165, 1.54) is 0 Å². The van der Waals surface area contributed by atoms with Crippen LogP contribution in [0.5, 0.6) is 5.88 Å². The van der Waals surface area contributed by atoms with Gasteiger partial charge in [-0.1, -0.05) is 18.2 Å². The van der Waals surface area contributed by atoms with Gasteiger partial charge in [0.25, 0.3) is 0 Å². The van der Waals surface area contributed by atoms with Crippen molar-refractivity contribution < 1.29 is 4.74 Å². The summed E-state index contributed by atoms with van der Waals surface area (Å²) in [7, 11) is 0. The molecule has 1 heterocycles. The van der Waals surface area contributed by atoms with Gasteiger partial charge in [0, 0.05) is 17.0 Å². The summed E-state index contributed by atoms with van der Waals surface area (Å²) in [6.07, 6.45) is 0. The number of alkyl halides is 1. The number of rotatable bonds is 3. The Morgan fingerprint density at radius 1 is 1.31 bits per heavy atom. The molecule has 0 fully saturated rings. The highest BCUT2D eigenvalue weighted by molar-refractivity contribution is 6.18. The fraction of sp³-hybridized carbons (Fsp3) is 0.200. The summed E-state index contributed by atoms with van der Waals surface area (Å²) in [6.45, 7) is 0.536. The Labute approximate surface area is 81.5 Å². The summed E-state index contributed by atoms with van der Waals surface area (Å²) in [5.41, 5.74) is 1.09. The lowest BCUT2D eigenvalue weighted by Gasteiger charge is -1.97. The van der Waals surface area contributed by atoms with Crippen molar-refractivity contribution in [2.45, 2.75) is 0 Å². The van der Waals surface area contributed by atoms with Crippen molar-refractivity contribution in [3.8, 4) is 5.88 Å². The molecule has 1 aromatic carbocycles. The molecule has 0 atom stereocenters. The van der Waals surface area contributed by atoms with Crippen LogP contribution in [0.3, 0.4) is 0 Å². The molecule has 1 N–H and O–H groups in total. The number of para-hydroxylation sites is 1. The van der Waals surface area contributed by atoms with Crippen LogP contribution in [0.25, 0.3) is 10.9 Å². The summed E-state index contributed by atoms with van der Waals surface area (Å²) in [6, 6.07) is 10.0. The molecule has 0 aliphatic heterocycles. The molecule has 0 amide bonds. The van der Waals surface area contributed by atoms with E-state index in [1.54, 1.807) is 0 Å². The molecule has 13 heavy (non-hydrogen) atoms. The van der Waals surface area contributed by atoms with Crippen LogP contribution in [0.15, 0.2) is 30.3 Å². The van der Waals surface area contributed by atoms with Gasteiger partial charge in [0.1, 0.15) is 6.61 Å². The molecule has 0 aliphatic rings. The van der Waals surface area contributed by atoms with Crippen molar-refractivity contribution in [2.75, 3.05) is 12.5 Å². The van der Waals surface area contributed by atoms with Gasteiger partial charge in [-0.15, -0.1) is 11.6 Å². The number of hydrogen-bond donors (Lipinski definition) is 1. The second-order valence-corrected chi connectivity index (χ2v) is 3.14. The zero-order valence-electron chi connectivity index (χ0n) is 7.09. The molecule has 1 aromatic heterocycles. The van der Waals surface area contributed by atoms with Crippen molar-refractivity contribution >= 4 is 22.5 Å². The van der Waals surface area contributed by atoms with E-state index in [9.17, 15) is 0 Å². The third-order valence-corrected chi connectivity index (χ3v) is 1.99. The van der Waals surface area contributed by atoms with Crippen molar-refractivity contribution in [2.24, 2.45) is 0 Å². The number of fused-ring (bicyclic) bond motifs is 1. The lowest BCUT2D eigenvalue weighted by molar-refractivity contribution is 0.332. The number of halogens is 1. The maximum Gasteiger partial charge on any atom is 0.191 e. The van der Waals surface area contributed by atoms with E-state index in [-0.39, 0.29) is 0 Å². The first-order valence-electron chi connectivity index (χ1n) is 4.16. The highest BCUT2D eigenvalue weighted by atomic mass is 35.5. The molecule has 0 aliphatic carbocycles. The highest BCUT2D eigenvalue weighted by Crippen LogP contribution is 2.19. The Morgan fingerprint density at radius 3 is 2.92 bits per heavy atom. The van der Waals surface area contributed by atoms with E-state index >= 15 is 0 Å². The summed E-state index contributed by atoms with van der Waals surface area (Å²) in [5, 5.41) is 1.16. The molecule has 0 spiro atoms. The third kappa shape index (κ3) is 1.78. The summed E-state index contributed by atoms with van der Waals surface area (Å²) >= 11 is 5.51. The Balaban J connectivity index is 2.28. The Kier molecular flexibility index (Phi) is 2.41. The molecule has 0 unspecified atom stereocenters. The average molecular weight is 196 g/mol. The molecule has 3 heteroatoms. The van der Waals surface area contributed by atoms with Crippen molar-refractivity contribution in [3.05, 3.63) is 30.3 Å². The van der Waals surface area contributed by atoms with Gasteiger partial charge in [-0.05, 0) is 6.07 Å². The SMILES string of the molecule is ClCCOc1cc2ccccc2[nH]1. The van der Waals surface area contributed by atoms with Crippen molar-refractivity contribution in [1.82, 2.24) is 4.98 Å². The molecule has 0 bridgehead atoms. The van der Waals surface area contributed by atoms with Crippen molar-refractivity contribution in [1.29, 1.82) is 0 Å². The quantitative estimate of drug-likeness (QED) is 0.749. The van der Waals surface area contributed by atoms with Gasteiger partial charge in [0.15, 0.2) is 5.88 Å². The van der Waals surface area contributed by atoms with Crippen LogP contribution in [0.2, 0.25) is 0 Å². The molecule has 2 nitrogen and oxygen atoms in total. The minimum atomic E-state index is 0.509. The smallest absolute Gasteiger partial charge is 0.191 e. The predicted molar refractivity (Wildman–Crippen MR) is 54.5 cm³/mol. The Hall–Kier alpha value is -1.15. The van der Waals surface area contributed by atoms with E-state index in [2.05, 4.69) is 4.98 Å². The minimum absolute atomic E-state index is 0.509. The van der Waals surface area contributed by atoms with Gasteiger partial charge in [0.2, 0.25) is 0 Å². The zero-order valence-corrected chi connectivity index (χ0v) is 7.84. The van der Waals surface area contributed by atoms with Gasteiger partial charge in [0.05, 0.1) is 5.88 Å². The monoisotopic (exact) mass is 195 g/mol. The average Bonchev–Trinajstić information content (AvgIpc) is 2.57. The van der Waals surface area contributed by atoms with E-state index in [0.29, 0.717) is 12.5 Å². The molecular formula is C10H10ClNO. The molecular weight excluding hydrogens is 186 g/mol. The fourth-order valence-electron chi connectivity index (χ4n) is 1.27. The maximum absolute atomic E-state index is 5.51. The number of hydrogen-bond acceptors (Lipinski definition) is 1. The normalized spacial score (nSPS) is 10.5. The van der Waals surface area contributed by atoms with Crippen LogP contribution in [0.1, 0.15) is 0 Å². The summed E-state index contributed by atoms with van der Waals surface area (Å²) in [4.78, 5) is 3.15. The van der Waals surface area contributed by atoms with E-state index in [4.69, 9.17) is 16.3 Å². The molecule has 2 rings (SSSR count). The van der Waals surface area contributed by atoms with Gasteiger partial charge >= 0.3 is 0 Å². The summed E-state index contributed by atoms with van der Waals surface area (Å²) in [5.74, 6) is 1.29. The number of H-pyrrole nitrogens is 1. The third-order valence-electron chi connectivity index (χ3n) is 1.84. The topological polar surface area (TPSA) is 25.0 Å². The van der Waals surface area contributed by atoms with Crippen molar-refractivity contribution in [3.63, 3.8) is 0 Å². The van der Waals surface area contributed by atoms with Crippen LogP contribution >= 0.6 is 11.6 Å².